The van der Waals surface area contributed by atoms with E-state index in [2.05, 4.69) is 10.3 Å². The molecule has 4 nitrogen and oxygen atoms in total. The van der Waals surface area contributed by atoms with E-state index in [9.17, 15) is 0 Å². The third-order valence-corrected chi connectivity index (χ3v) is 2.83. The Balaban J connectivity index is 2.01. The summed E-state index contributed by atoms with van der Waals surface area (Å²) < 4.78 is 5.78. The minimum absolute atomic E-state index is 0.124. The van der Waals surface area contributed by atoms with Crippen molar-refractivity contribution in [2.45, 2.75) is 13.0 Å². The number of nitrogens with zero attached hydrogens (tertiary/aromatic N) is 1. The van der Waals surface area contributed by atoms with Crippen molar-refractivity contribution in [3.63, 3.8) is 0 Å². The van der Waals surface area contributed by atoms with E-state index in [1.807, 2.05) is 43.4 Å². The molecule has 0 saturated carbocycles. The van der Waals surface area contributed by atoms with E-state index < -0.39 is 0 Å². The summed E-state index contributed by atoms with van der Waals surface area (Å²) in [5.74, 6) is 1.65. The van der Waals surface area contributed by atoms with E-state index in [0.29, 0.717) is 13.0 Å². The Kier molecular flexibility index (Phi) is 4.75. The van der Waals surface area contributed by atoms with Gasteiger partial charge in [0.05, 0.1) is 0 Å². The van der Waals surface area contributed by atoms with Gasteiger partial charge >= 0.3 is 0 Å². The monoisotopic (exact) mass is 258 g/mol. The zero-order valence-electron chi connectivity index (χ0n) is 11.0. The molecule has 1 aromatic carbocycles. The van der Waals surface area contributed by atoms with Gasteiger partial charge in [-0.1, -0.05) is 24.3 Å². The fourth-order valence-corrected chi connectivity index (χ4v) is 1.79. The van der Waals surface area contributed by atoms with Crippen LogP contribution in [0.15, 0.2) is 42.6 Å². The van der Waals surface area contributed by atoms with Gasteiger partial charge in [-0.25, -0.2) is 4.98 Å². The van der Waals surface area contributed by atoms with Crippen LogP contribution in [0.5, 0.6) is 5.75 Å². The van der Waals surface area contributed by atoms with Crippen LogP contribution in [0.1, 0.15) is 11.1 Å². The standard InChI is InChI=1S/C15H18N2O2/c1-16-15-7-6-12(10-17-15)11-19-14-5-3-2-4-13(14)8-9-18/h2-7,10,18H,8-9,11H2,1H3,(H,16,17). The van der Waals surface area contributed by atoms with Crippen LogP contribution in [0.2, 0.25) is 0 Å². The number of hydrogen-bond donors (Lipinski definition) is 2. The van der Waals surface area contributed by atoms with Crippen LogP contribution in [0.4, 0.5) is 5.82 Å². The van der Waals surface area contributed by atoms with Crippen molar-refractivity contribution in [1.29, 1.82) is 0 Å². The smallest absolute Gasteiger partial charge is 0.125 e. The molecule has 4 heteroatoms. The third-order valence-electron chi connectivity index (χ3n) is 2.83. The summed E-state index contributed by atoms with van der Waals surface area (Å²) in [6.07, 6.45) is 2.40. The van der Waals surface area contributed by atoms with Crippen LogP contribution in [-0.4, -0.2) is 23.7 Å². The van der Waals surface area contributed by atoms with Gasteiger partial charge in [0.25, 0.3) is 0 Å². The first kappa shape index (κ1) is 13.4. The number of ether oxygens (including phenoxy) is 1. The number of hydrogen-bond acceptors (Lipinski definition) is 4. The molecule has 0 amide bonds. The second kappa shape index (κ2) is 6.75. The summed E-state index contributed by atoms with van der Waals surface area (Å²) in [6.45, 7) is 0.595. The molecule has 1 heterocycles. The van der Waals surface area contributed by atoms with Gasteiger partial charge < -0.3 is 15.2 Å². The molecule has 0 saturated heterocycles. The van der Waals surface area contributed by atoms with E-state index in [0.717, 1.165) is 22.7 Å². The van der Waals surface area contributed by atoms with Crippen LogP contribution >= 0.6 is 0 Å². The largest absolute Gasteiger partial charge is 0.489 e. The summed E-state index contributed by atoms with van der Waals surface area (Å²) in [5.41, 5.74) is 2.03. The van der Waals surface area contributed by atoms with Crippen molar-refractivity contribution in [2.75, 3.05) is 19.0 Å². The van der Waals surface area contributed by atoms with Crippen molar-refractivity contribution in [3.05, 3.63) is 53.7 Å². The SMILES string of the molecule is CNc1ccc(COc2ccccc2CCO)cn1. The Morgan fingerprint density at radius 2 is 2.05 bits per heavy atom. The number of rotatable bonds is 6. The molecule has 1 aromatic heterocycles. The van der Waals surface area contributed by atoms with Crippen LogP contribution < -0.4 is 10.1 Å². The van der Waals surface area contributed by atoms with E-state index in [4.69, 9.17) is 9.84 Å². The fourth-order valence-electron chi connectivity index (χ4n) is 1.79. The molecule has 19 heavy (non-hydrogen) atoms. The lowest BCUT2D eigenvalue weighted by Gasteiger charge is -2.10. The first-order valence-corrected chi connectivity index (χ1v) is 6.27. The van der Waals surface area contributed by atoms with Crippen molar-refractivity contribution in [2.24, 2.45) is 0 Å². The number of aliphatic hydroxyl groups excluding tert-OH is 1. The van der Waals surface area contributed by atoms with Crippen molar-refractivity contribution in [1.82, 2.24) is 4.98 Å². The van der Waals surface area contributed by atoms with Gasteiger partial charge in [0, 0.05) is 25.4 Å². The molecule has 0 aliphatic carbocycles. The predicted octanol–water partition coefficient (Wildman–Crippen LogP) is 2.24. The zero-order chi connectivity index (χ0) is 13.5. The summed E-state index contributed by atoms with van der Waals surface area (Å²) in [4.78, 5) is 4.24. The number of para-hydroxylation sites is 1. The molecule has 0 bridgehead atoms. The highest BCUT2D eigenvalue weighted by Gasteiger charge is 2.03. The molecule has 100 valence electrons. The molecule has 0 fully saturated rings. The molecule has 0 aliphatic rings. The highest BCUT2D eigenvalue weighted by Crippen LogP contribution is 2.19. The first-order valence-electron chi connectivity index (χ1n) is 6.27. The number of benzene rings is 1. The number of pyridine rings is 1. The average Bonchev–Trinajstić information content (AvgIpc) is 2.47. The molecule has 0 radical (unpaired) electrons. The van der Waals surface area contributed by atoms with Crippen molar-refractivity contribution >= 4 is 5.82 Å². The van der Waals surface area contributed by atoms with E-state index in [1.54, 1.807) is 6.20 Å². The molecule has 0 atom stereocenters. The maximum Gasteiger partial charge on any atom is 0.125 e. The number of aliphatic hydroxyl groups is 1. The Labute approximate surface area is 113 Å². The van der Waals surface area contributed by atoms with Gasteiger partial charge in [-0.15, -0.1) is 0 Å². The summed E-state index contributed by atoms with van der Waals surface area (Å²) >= 11 is 0. The van der Waals surface area contributed by atoms with Gasteiger partial charge in [0.15, 0.2) is 0 Å². The summed E-state index contributed by atoms with van der Waals surface area (Å²) in [5, 5.41) is 12.0. The number of nitrogens with one attached hydrogen (secondary N) is 1. The third kappa shape index (κ3) is 3.69. The highest BCUT2D eigenvalue weighted by molar-refractivity contribution is 5.35. The quantitative estimate of drug-likeness (QED) is 0.834. The van der Waals surface area contributed by atoms with Gasteiger partial charge in [-0.05, 0) is 24.1 Å². The maximum absolute atomic E-state index is 9.01. The van der Waals surface area contributed by atoms with Crippen LogP contribution in [0, 0.1) is 0 Å². The summed E-state index contributed by atoms with van der Waals surface area (Å²) in [6, 6.07) is 11.7. The van der Waals surface area contributed by atoms with Gasteiger partial charge in [-0.2, -0.15) is 0 Å². The molecule has 0 spiro atoms. The van der Waals surface area contributed by atoms with E-state index in [-0.39, 0.29) is 6.61 Å². The summed E-state index contributed by atoms with van der Waals surface area (Å²) in [7, 11) is 1.84. The lowest BCUT2D eigenvalue weighted by atomic mass is 10.1. The number of aromatic nitrogens is 1. The normalized spacial score (nSPS) is 10.2. The molecule has 2 rings (SSSR count). The Hall–Kier alpha value is -2.07. The molecule has 0 unspecified atom stereocenters. The average molecular weight is 258 g/mol. The molecule has 2 N–H and O–H groups in total. The predicted molar refractivity (Wildman–Crippen MR) is 75.3 cm³/mol. The molecule has 0 aliphatic heterocycles. The zero-order valence-corrected chi connectivity index (χ0v) is 11.0. The maximum atomic E-state index is 9.01. The minimum Gasteiger partial charge on any atom is -0.489 e. The Morgan fingerprint density at radius 3 is 2.74 bits per heavy atom. The van der Waals surface area contributed by atoms with Crippen LogP contribution in [0.25, 0.3) is 0 Å². The van der Waals surface area contributed by atoms with E-state index in [1.165, 1.54) is 0 Å². The first-order chi connectivity index (χ1) is 9.33. The fraction of sp³-hybridized carbons (Fsp3) is 0.267. The van der Waals surface area contributed by atoms with Gasteiger partial charge in [0.1, 0.15) is 18.2 Å². The molecular formula is C15H18N2O2. The Bertz CT molecular complexity index is 512. The van der Waals surface area contributed by atoms with Gasteiger partial charge in [-0.3, -0.25) is 0 Å². The van der Waals surface area contributed by atoms with Crippen LogP contribution in [-0.2, 0) is 13.0 Å². The lowest BCUT2D eigenvalue weighted by Crippen LogP contribution is -2.01. The second-order valence-corrected chi connectivity index (χ2v) is 4.17. The van der Waals surface area contributed by atoms with Crippen LogP contribution in [0.3, 0.4) is 0 Å². The number of anilines is 1. The molecule has 2 aromatic rings. The Morgan fingerprint density at radius 1 is 1.21 bits per heavy atom. The lowest BCUT2D eigenvalue weighted by molar-refractivity contribution is 0.284. The topological polar surface area (TPSA) is 54.4 Å². The van der Waals surface area contributed by atoms with Crippen molar-refractivity contribution < 1.29 is 9.84 Å². The molecular weight excluding hydrogens is 240 g/mol. The van der Waals surface area contributed by atoms with Crippen molar-refractivity contribution in [3.8, 4) is 5.75 Å². The van der Waals surface area contributed by atoms with E-state index >= 15 is 0 Å². The second-order valence-electron chi connectivity index (χ2n) is 4.17. The van der Waals surface area contributed by atoms with Gasteiger partial charge in [0.2, 0.25) is 0 Å². The highest BCUT2D eigenvalue weighted by atomic mass is 16.5. The minimum atomic E-state index is 0.124.